The largest absolute Gasteiger partial charge is 0.302 e. The van der Waals surface area contributed by atoms with E-state index in [4.69, 9.17) is 0 Å². The van der Waals surface area contributed by atoms with Crippen molar-refractivity contribution in [3.05, 3.63) is 65.3 Å². The van der Waals surface area contributed by atoms with Crippen LogP contribution in [0.4, 0.5) is 9.52 Å². The Morgan fingerprint density at radius 2 is 1.82 bits per heavy atom. The molecule has 1 aliphatic heterocycles. The molecule has 2 aromatic carbocycles. The lowest BCUT2D eigenvalue weighted by atomic mass is 9.99. The minimum absolute atomic E-state index is 0.0107. The fraction of sp³-hybridized carbons (Fsp3) is 0.261. The molecule has 7 nitrogen and oxygen atoms in total. The molecule has 3 aromatic rings. The zero-order chi connectivity index (χ0) is 23.6. The van der Waals surface area contributed by atoms with Crippen molar-refractivity contribution in [1.29, 1.82) is 0 Å². The summed E-state index contributed by atoms with van der Waals surface area (Å²) in [5.74, 6) is -1.59. The van der Waals surface area contributed by atoms with Gasteiger partial charge < -0.3 is 5.32 Å². The van der Waals surface area contributed by atoms with Gasteiger partial charge in [0.15, 0.2) is 10.9 Å². The number of hydrogen-bond donors (Lipinski definition) is 1. The molecule has 33 heavy (non-hydrogen) atoms. The third kappa shape index (κ3) is 5.02. The van der Waals surface area contributed by atoms with E-state index in [-0.39, 0.29) is 29.7 Å². The van der Waals surface area contributed by atoms with E-state index in [9.17, 15) is 22.4 Å². The Labute approximate surface area is 195 Å². The molecule has 1 aliphatic rings. The van der Waals surface area contributed by atoms with Crippen LogP contribution in [0.3, 0.4) is 0 Å². The van der Waals surface area contributed by atoms with Crippen LogP contribution >= 0.6 is 11.3 Å². The van der Waals surface area contributed by atoms with Crippen molar-refractivity contribution in [1.82, 2.24) is 9.29 Å². The number of amides is 1. The van der Waals surface area contributed by atoms with E-state index in [1.54, 1.807) is 0 Å². The number of thiazole rings is 1. The fourth-order valence-corrected chi connectivity index (χ4v) is 6.15. The summed E-state index contributed by atoms with van der Waals surface area (Å²) in [6.45, 7) is 1.75. The summed E-state index contributed by atoms with van der Waals surface area (Å²) in [6.07, 6.45) is 1.04. The lowest BCUT2D eigenvalue weighted by Gasteiger charge is -2.31. The van der Waals surface area contributed by atoms with E-state index >= 15 is 0 Å². The molecule has 0 saturated carbocycles. The van der Waals surface area contributed by atoms with Crippen LogP contribution < -0.4 is 5.32 Å². The topological polar surface area (TPSA) is 96.4 Å². The molecule has 2 heterocycles. The molecule has 1 unspecified atom stereocenters. The van der Waals surface area contributed by atoms with Gasteiger partial charge >= 0.3 is 0 Å². The number of ketones is 1. The van der Waals surface area contributed by atoms with Gasteiger partial charge in [0.1, 0.15) is 5.82 Å². The van der Waals surface area contributed by atoms with Crippen LogP contribution in [-0.4, -0.2) is 42.5 Å². The number of hydrogen-bond acceptors (Lipinski definition) is 6. The number of carbonyl (C=O) groups is 2. The minimum Gasteiger partial charge on any atom is -0.302 e. The van der Waals surface area contributed by atoms with E-state index in [0.29, 0.717) is 28.5 Å². The summed E-state index contributed by atoms with van der Waals surface area (Å²) in [5, 5.41) is 3.06. The van der Waals surface area contributed by atoms with E-state index in [0.717, 1.165) is 29.0 Å². The number of benzene rings is 2. The Bertz CT molecular complexity index is 1270. The first-order valence-electron chi connectivity index (χ1n) is 10.4. The first kappa shape index (κ1) is 23.2. The number of carbonyl (C=O) groups excluding carboxylic acids is 2. The number of anilines is 1. The molecule has 1 atom stereocenters. The molecule has 1 amide bonds. The van der Waals surface area contributed by atoms with Crippen molar-refractivity contribution in [2.24, 2.45) is 5.92 Å². The second-order valence-corrected chi connectivity index (χ2v) is 10.7. The van der Waals surface area contributed by atoms with Crippen molar-refractivity contribution in [2.75, 3.05) is 18.4 Å². The average Bonchev–Trinajstić information content (AvgIpc) is 3.24. The van der Waals surface area contributed by atoms with Crippen molar-refractivity contribution in [3.63, 3.8) is 0 Å². The van der Waals surface area contributed by atoms with Crippen LogP contribution in [0.2, 0.25) is 0 Å². The SMILES string of the molecule is CC(=O)c1sc(NC(=O)C2CCCN(S(=O)(=O)c3ccc(F)cc3)C2)nc1-c1ccccc1. The number of Topliss-reactive ketones (excluding diaryl/α,β-unsaturated/α-hetero) is 1. The van der Waals surface area contributed by atoms with Crippen LogP contribution in [0.25, 0.3) is 11.3 Å². The third-order valence-electron chi connectivity index (χ3n) is 5.43. The van der Waals surface area contributed by atoms with Gasteiger partial charge in [-0.15, -0.1) is 0 Å². The van der Waals surface area contributed by atoms with E-state index in [1.165, 1.54) is 23.4 Å². The normalized spacial score (nSPS) is 17.0. The Balaban J connectivity index is 1.51. The summed E-state index contributed by atoms with van der Waals surface area (Å²) in [5.41, 5.74) is 1.28. The molecule has 4 rings (SSSR count). The maximum absolute atomic E-state index is 13.2. The molecular weight excluding hydrogens is 465 g/mol. The first-order valence-corrected chi connectivity index (χ1v) is 12.6. The second kappa shape index (κ2) is 9.50. The average molecular weight is 488 g/mol. The summed E-state index contributed by atoms with van der Waals surface area (Å²) >= 11 is 1.10. The monoisotopic (exact) mass is 487 g/mol. The lowest BCUT2D eigenvalue weighted by Crippen LogP contribution is -2.43. The second-order valence-electron chi connectivity index (χ2n) is 7.76. The van der Waals surface area contributed by atoms with Gasteiger partial charge in [0, 0.05) is 25.6 Å². The molecule has 0 spiro atoms. The standard InChI is InChI=1S/C23H22FN3O4S2/c1-15(28)21-20(16-6-3-2-4-7-16)25-23(32-21)26-22(29)17-8-5-13-27(14-17)33(30,31)19-11-9-18(24)10-12-19/h2-4,6-7,9-12,17H,5,8,13-14H2,1H3,(H,25,26,29). The molecule has 1 N–H and O–H groups in total. The van der Waals surface area contributed by atoms with Crippen molar-refractivity contribution in [3.8, 4) is 11.3 Å². The highest BCUT2D eigenvalue weighted by Crippen LogP contribution is 2.32. The number of nitrogens with zero attached hydrogens (tertiary/aromatic N) is 2. The van der Waals surface area contributed by atoms with Gasteiger partial charge in [-0.1, -0.05) is 41.7 Å². The van der Waals surface area contributed by atoms with E-state index in [2.05, 4.69) is 10.3 Å². The summed E-state index contributed by atoms with van der Waals surface area (Å²) in [6, 6.07) is 13.9. The van der Waals surface area contributed by atoms with Gasteiger partial charge in [0.25, 0.3) is 0 Å². The Morgan fingerprint density at radius 3 is 2.48 bits per heavy atom. The highest BCUT2D eigenvalue weighted by Gasteiger charge is 2.34. The molecule has 1 fully saturated rings. The van der Waals surface area contributed by atoms with Gasteiger partial charge in [-0.2, -0.15) is 4.31 Å². The maximum atomic E-state index is 13.2. The summed E-state index contributed by atoms with van der Waals surface area (Å²) in [4.78, 5) is 30.0. The van der Waals surface area contributed by atoms with Crippen molar-refractivity contribution in [2.45, 2.75) is 24.7 Å². The van der Waals surface area contributed by atoms with Gasteiger partial charge in [-0.25, -0.2) is 17.8 Å². The molecule has 10 heteroatoms. The van der Waals surface area contributed by atoms with Crippen LogP contribution in [0.15, 0.2) is 59.5 Å². The Morgan fingerprint density at radius 1 is 1.12 bits per heavy atom. The van der Waals surface area contributed by atoms with Gasteiger partial charge in [0.2, 0.25) is 15.9 Å². The number of rotatable bonds is 6. The summed E-state index contributed by atoms with van der Waals surface area (Å²) < 4.78 is 40.3. The zero-order valence-corrected chi connectivity index (χ0v) is 19.5. The van der Waals surface area contributed by atoms with Gasteiger partial charge in [0.05, 0.1) is 21.4 Å². The van der Waals surface area contributed by atoms with Gasteiger partial charge in [-0.05, 0) is 37.1 Å². The molecule has 0 aliphatic carbocycles. The zero-order valence-electron chi connectivity index (χ0n) is 17.8. The highest BCUT2D eigenvalue weighted by atomic mass is 32.2. The van der Waals surface area contributed by atoms with Crippen LogP contribution in [0.5, 0.6) is 0 Å². The quantitative estimate of drug-likeness (QED) is 0.526. The van der Waals surface area contributed by atoms with E-state index < -0.39 is 21.8 Å². The maximum Gasteiger partial charge on any atom is 0.243 e. The third-order valence-corrected chi connectivity index (χ3v) is 8.38. The number of piperidine rings is 1. The number of nitrogens with one attached hydrogen (secondary N) is 1. The lowest BCUT2D eigenvalue weighted by molar-refractivity contribution is -0.120. The number of sulfonamides is 1. The van der Waals surface area contributed by atoms with Crippen molar-refractivity contribution < 1.29 is 22.4 Å². The van der Waals surface area contributed by atoms with Crippen LogP contribution in [0, 0.1) is 11.7 Å². The van der Waals surface area contributed by atoms with Crippen LogP contribution in [-0.2, 0) is 14.8 Å². The fourth-order valence-electron chi connectivity index (χ4n) is 3.74. The predicted octanol–water partition coefficient (Wildman–Crippen LogP) is 4.19. The molecule has 0 radical (unpaired) electrons. The first-order chi connectivity index (χ1) is 15.8. The van der Waals surface area contributed by atoms with E-state index in [1.807, 2.05) is 30.3 Å². The van der Waals surface area contributed by atoms with Crippen molar-refractivity contribution >= 4 is 38.2 Å². The Kier molecular flexibility index (Phi) is 6.68. The molecule has 172 valence electrons. The predicted molar refractivity (Wildman–Crippen MR) is 124 cm³/mol. The Hall–Kier alpha value is -2.95. The molecule has 1 aromatic heterocycles. The summed E-state index contributed by atoms with van der Waals surface area (Å²) in [7, 11) is -3.84. The smallest absolute Gasteiger partial charge is 0.243 e. The van der Waals surface area contributed by atoms with Gasteiger partial charge in [-0.3, -0.25) is 9.59 Å². The molecule has 0 bridgehead atoms. The number of halogens is 1. The minimum atomic E-state index is -3.84. The number of aromatic nitrogens is 1. The molecule has 1 saturated heterocycles. The van der Waals surface area contributed by atoms with Crippen LogP contribution in [0.1, 0.15) is 29.4 Å². The highest BCUT2D eigenvalue weighted by molar-refractivity contribution is 7.89. The molecular formula is C23H22FN3O4S2.